The summed E-state index contributed by atoms with van der Waals surface area (Å²) < 4.78 is 18.0. The maximum absolute atomic E-state index is 13.2. The van der Waals surface area contributed by atoms with Crippen LogP contribution in [0.1, 0.15) is 31.3 Å². The number of halogens is 1. The van der Waals surface area contributed by atoms with Gasteiger partial charge < -0.3 is 4.74 Å². The van der Waals surface area contributed by atoms with Crippen LogP contribution in [-0.4, -0.2) is 17.1 Å². The number of aromatic nitrogens is 2. The van der Waals surface area contributed by atoms with E-state index >= 15 is 0 Å². The van der Waals surface area contributed by atoms with Crippen molar-refractivity contribution in [1.82, 2.24) is 9.97 Å². The fourth-order valence-corrected chi connectivity index (χ4v) is 1.04. The Morgan fingerprint density at radius 2 is 1.92 bits per heavy atom. The van der Waals surface area contributed by atoms with Crippen LogP contribution in [0, 0.1) is 12.9 Å². The van der Waals surface area contributed by atoms with E-state index in [4.69, 9.17) is 4.74 Å². The van der Waals surface area contributed by atoms with Crippen molar-refractivity contribution in [3.05, 3.63) is 17.5 Å². The van der Waals surface area contributed by atoms with E-state index in [-0.39, 0.29) is 11.7 Å². The summed E-state index contributed by atoms with van der Waals surface area (Å²) in [4.78, 5) is 7.83. The third-order valence-electron chi connectivity index (χ3n) is 1.73. The lowest BCUT2D eigenvalue weighted by Gasteiger charge is -2.08. The third kappa shape index (κ3) is 1.94. The van der Waals surface area contributed by atoms with Crippen LogP contribution in [0.25, 0.3) is 0 Å². The molecule has 13 heavy (non-hydrogen) atoms. The Kier molecular flexibility index (Phi) is 2.80. The standard InChI is InChI=1S/C9H13FN2O/c1-5(2)9-11-6(3)7(13-4)8(10)12-9/h5H,1-4H3. The molecule has 0 saturated heterocycles. The van der Waals surface area contributed by atoms with E-state index in [0.29, 0.717) is 11.5 Å². The highest BCUT2D eigenvalue weighted by atomic mass is 19.1. The summed E-state index contributed by atoms with van der Waals surface area (Å²) >= 11 is 0. The molecule has 0 aliphatic heterocycles. The molecule has 0 amide bonds. The maximum atomic E-state index is 13.2. The fourth-order valence-electron chi connectivity index (χ4n) is 1.04. The first-order chi connectivity index (χ1) is 6.06. The first kappa shape index (κ1) is 9.89. The second-order valence-corrected chi connectivity index (χ2v) is 3.15. The molecule has 1 aromatic heterocycles. The smallest absolute Gasteiger partial charge is 0.258 e. The summed E-state index contributed by atoms with van der Waals surface area (Å²) in [6.07, 6.45) is 0. The van der Waals surface area contributed by atoms with Crippen molar-refractivity contribution >= 4 is 0 Å². The Bertz CT molecular complexity index is 289. The van der Waals surface area contributed by atoms with Gasteiger partial charge in [0.1, 0.15) is 5.82 Å². The Balaban J connectivity index is 3.20. The van der Waals surface area contributed by atoms with Crippen LogP contribution >= 0.6 is 0 Å². The first-order valence-electron chi connectivity index (χ1n) is 4.14. The summed E-state index contributed by atoms with van der Waals surface area (Å²) in [5, 5.41) is 0. The van der Waals surface area contributed by atoms with Crippen molar-refractivity contribution in [2.24, 2.45) is 0 Å². The SMILES string of the molecule is COc1c(C)nc(C(C)C)nc1F. The van der Waals surface area contributed by atoms with Crippen molar-refractivity contribution in [3.63, 3.8) is 0 Å². The summed E-state index contributed by atoms with van der Waals surface area (Å²) in [6.45, 7) is 5.54. The molecule has 0 aromatic carbocycles. The van der Waals surface area contributed by atoms with Gasteiger partial charge in [0.25, 0.3) is 5.95 Å². The molecule has 72 valence electrons. The monoisotopic (exact) mass is 184 g/mol. The van der Waals surface area contributed by atoms with Crippen LogP contribution < -0.4 is 4.74 Å². The van der Waals surface area contributed by atoms with E-state index in [1.165, 1.54) is 7.11 Å². The number of methoxy groups -OCH3 is 1. The van der Waals surface area contributed by atoms with Gasteiger partial charge in [-0.1, -0.05) is 13.8 Å². The lowest BCUT2D eigenvalue weighted by molar-refractivity contribution is 0.368. The Hall–Kier alpha value is -1.19. The van der Waals surface area contributed by atoms with E-state index in [1.54, 1.807) is 6.92 Å². The van der Waals surface area contributed by atoms with Gasteiger partial charge in [0.2, 0.25) is 0 Å². The first-order valence-corrected chi connectivity index (χ1v) is 4.14. The zero-order chi connectivity index (χ0) is 10.0. The van der Waals surface area contributed by atoms with Crippen LogP contribution in [0.15, 0.2) is 0 Å². The van der Waals surface area contributed by atoms with Crippen LogP contribution in [0.5, 0.6) is 5.75 Å². The minimum Gasteiger partial charge on any atom is -0.490 e. The Morgan fingerprint density at radius 1 is 1.31 bits per heavy atom. The number of nitrogens with zero attached hydrogens (tertiary/aromatic N) is 2. The summed E-state index contributed by atoms with van der Waals surface area (Å²) in [7, 11) is 1.41. The van der Waals surface area contributed by atoms with Gasteiger partial charge in [-0.15, -0.1) is 0 Å². The van der Waals surface area contributed by atoms with Gasteiger partial charge >= 0.3 is 0 Å². The number of aryl methyl sites for hydroxylation is 1. The molecule has 0 radical (unpaired) electrons. The van der Waals surface area contributed by atoms with Crippen LogP contribution in [0.2, 0.25) is 0 Å². The molecule has 3 nitrogen and oxygen atoms in total. The number of hydrogen-bond donors (Lipinski definition) is 0. The zero-order valence-electron chi connectivity index (χ0n) is 8.26. The van der Waals surface area contributed by atoms with E-state index in [0.717, 1.165) is 0 Å². The fraction of sp³-hybridized carbons (Fsp3) is 0.556. The normalized spacial score (nSPS) is 10.6. The molecule has 0 spiro atoms. The second kappa shape index (κ2) is 3.68. The van der Waals surface area contributed by atoms with Gasteiger partial charge in [0.05, 0.1) is 12.8 Å². The molecule has 0 bridgehead atoms. The van der Waals surface area contributed by atoms with E-state index < -0.39 is 5.95 Å². The molecule has 1 heterocycles. The average Bonchev–Trinajstić information content (AvgIpc) is 2.03. The molecule has 0 aliphatic rings. The Labute approximate surface area is 77.0 Å². The average molecular weight is 184 g/mol. The quantitative estimate of drug-likeness (QED) is 0.660. The lowest BCUT2D eigenvalue weighted by Crippen LogP contribution is -2.05. The summed E-state index contributed by atoms with van der Waals surface area (Å²) in [5.74, 6) is 0.179. The molecule has 0 fully saturated rings. The zero-order valence-corrected chi connectivity index (χ0v) is 8.26. The van der Waals surface area contributed by atoms with Crippen molar-refractivity contribution in [1.29, 1.82) is 0 Å². The van der Waals surface area contributed by atoms with Crippen LogP contribution in [-0.2, 0) is 0 Å². The van der Waals surface area contributed by atoms with Crippen LogP contribution in [0.4, 0.5) is 4.39 Å². The molecule has 0 unspecified atom stereocenters. The molecular formula is C9H13FN2O. The van der Waals surface area contributed by atoms with Crippen LogP contribution in [0.3, 0.4) is 0 Å². The number of ether oxygens (including phenoxy) is 1. The lowest BCUT2D eigenvalue weighted by atomic mass is 10.2. The second-order valence-electron chi connectivity index (χ2n) is 3.15. The molecule has 1 rings (SSSR count). The number of rotatable bonds is 2. The molecule has 0 N–H and O–H groups in total. The predicted molar refractivity (Wildman–Crippen MR) is 47.4 cm³/mol. The highest BCUT2D eigenvalue weighted by Gasteiger charge is 2.13. The molecular weight excluding hydrogens is 171 g/mol. The predicted octanol–water partition coefficient (Wildman–Crippen LogP) is 2.06. The van der Waals surface area contributed by atoms with Gasteiger partial charge in [0.15, 0.2) is 5.75 Å². The Morgan fingerprint density at radius 3 is 2.31 bits per heavy atom. The summed E-state index contributed by atoms with van der Waals surface area (Å²) in [6, 6.07) is 0. The van der Waals surface area contributed by atoms with E-state index in [1.807, 2.05) is 13.8 Å². The minimum atomic E-state index is -0.585. The topological polar surface area (TPSA) is 35.0 Å². The van der Waals surface area contributed by atoms with Crippen molar-refractivity contribution < 1.29 is 9.13 Å². The van der Waals surface area contributed by atoms with E-state index in [2.05, 4.69) is 9.97 Å². The van der Waals surface area contributed by atoms with Gasteiger partial charge in [0, 0.05) is 5.92 Å². The highest BCUT2D eigenvalue weighted by Crippen LogP contribution is 2.20. The number of hydrogen-bond acceptors (Lipinski definition) is 3. The minimum absolute atomic E-state index is 0.124. The molecule has 0 atom stereocenters. The van der Waals surface area contributed by atoms with Gasteiger partial charge in [-0.25, -0.2) is 9.97 Å². The molecule has 0 aliphatic carbocycles. The highest BCUT2D eigenvalue weighted by molar-refractivity contribution is 5.25. The van der Waals surface area contributed by atoms with Crippen molar-refractivity contribution in [2.75, 3.05) is 7.11 Å². The largest absolute Gasteiger partial charge is 0.490 e. The molecule has 1 aromatic rings. The molecule has 0 saturated carbocycles. The van der Waals surface area contributed by atoms with Crippen molar-refractivity contribution in [3.8, 4) is 5.75 Å². The van der Waals surface area contributed by atoms with E-state index in [9.17, 15) is 4.39 Å². The van der Waals surface area contributed by atoms with Gasteiger partial charge in [-0.3, -0.25) is 0 Å². The third-order valence-corrected chi connectivity index (χ3v) is 1.73. The van der Waals surface area contributed by atoms with Crippen molar-refractivity contribution in [2.45, 2.75) is 26.7 Å². The molecule has 4 heteroatoms. The van der Waals surface area contributed by atoms with Gasteiger partial charge in [-0.05, 0) is 6.92 Å². The maximum Gasteiger partial charge on any atom is 0.258 e. The van der Waals surface area contributed by atoms with Gasteiger partial charge in [-0.2, -0.15) is 4.39 Å². The summed E-state index contributed by atoms with van der Waals surface area (Å²) in [5.41, 5.74) is 0.540.